The molecule has 1 N–H and O–H groups in total. The molecule has 0 bridgehead atoms. The molecule has 0 aromatic carbocycles. The summed E-state index contributed by atoms with van der Waals surface area (Å²) in [5, 5.41) is 4.59. The summed E-state index contributed by atoms with van der Waals surface area (Å²) in [5.74, 6) is 0. The van der Waals surface area contributed by atoms with Crippen LogP contribution in [0.5, 0.6) is 0 Å². The minimum atomic E-state index is -0.311. The van der Waals surface area contributed by atoms with E-state index in [0.29, 0.717) is 32.3 Å². The SMILES string of the molecule is O=C(NC1CCCCC1)ON1CCOCC1. The van der Waals surface area contributed by atoms with Crippen LogP contribution in [0.15, 0.2) is 0 Å². The number of hydroxylamine groups is 2. The molecule has 0 radical (unpaired) electrons. The van der Waals surface area contributed by atoms with Crippen molar-refractivity contribution < 1.29 is 14.4 Å². The summed E-state index contributed by atoms with van der Waals surface area (Å²) in [4.78, 5) is 16.8. The molecule has 0 unspecified atom stereocenters. The number of amides is 1. The van der Waals surface area contributed by atoms with E-state index in [1.807, 2.05) is 0 Å². The number of ether oxygens (including phenoxy) is 1. The first-order valence-corrected chi connectivity index (χ1v) is 6.16. The molecule has 92 valence electrons. The average molecular weight is 228 g/mol. The molecular weight excluding hydrogens is 208 g/mol. The van der Waals surface area contributed by atoms with Crippen molar-refractivity contribution in [3.05, 3.63) is 0 Å². The second kappa shape index (κ2) is 6.06. The van der Waals surface area contributed by atoms with E-state index in [4.69, 9.17) is 9.57 Å². The Morgan fingerprint density at radius 3 is 2.56 bits per heavy atom. The summed E-state index contributed by atoms with van der Waals surface area (Å²) >= 11 is 0. The molecule has 0 aromatic rings. The van der Waals surface area contributed by atoms with E-state index in [1.165, 1.54) is 19.3 Å². The Hall–Kier alpha value is -0.810. The van der Waals surface area contributed by atoms with Crippen molar-refractivity contribution in [3.63, 3.8) is 0 Å². The topological polar surface area (TPSA) is 50.8 Å². The lowest BCUT2D eigenvalue weighted by Crippen LogP contribution is -2.43. The lowest BCUT2D eigenvalue weighted by molar-refractivity contribution is -0.146. The lowest BCUT2D eigenvalue weighted by atomic mass is 9.96. The van der Waals surface area contributed by atoms with Crippen molar-refractivity contribution in [2.45, 2.75) is 38.1 Å². The van der Waals surface area contributed by atoms with E-state index < -0.39 is 0 Å². The monoisotopic (exact) mass is 228 g/mol. The highest BCUT2D eigenvalue weighted by atomic mass is 16.7. The Kier molecular flexibility index (Phi) is 4.42. The van der Waals surface area contributed by atoms with Crippen molar-refractivity contribution in [1.82, 2.24) is 10.4 Å². The van der Waals surface area contributed by atoms with Gasteiger partial charge in [-0.3, -0.25) is 0 Å². The van der Waals surface area contributed by atoms with Crippen LogP contribution in [0.1, 0.15) is 32.1 Å². The van der Waals surface area contributed by atoms with E-state index in [9.17, 15) is 4.79 Å². The molecule has 5 heteroatoms. The Labute approximate surface area is 96.0 Å². The molecule has 1 heterocycles. The fourth-order valence-corrected chi connectivity index (χ4v) is 2.20. The molecule has 2 rings (SSSR count). The summed E-state index contributed by atoms with van der Waals surface area (Å²) in [6, 6.07) is 0.308. The third-order valence-corrected chi connectivity index (χ3v) is 3.11. The average Bonchev–Trinajstić information content (AvgIpc) is 2.31. The molecule has 1 saturated heterocycles. The zero-order valence-electron chi connectivity index (χ0n) is 9.61. The van der Waals surface area contributed by atoms with E-state index in [1.54, 1.807) is 5.06 Å². The first-order chi connectivity index (χ1) is 7.84. The molecule has 2 fully saturated rings. The first kappa shape index (κ1) is 11.7. The number of nitrogens with one attached hydrogen (secondary N) is 1. The second-order valence-corrected chi connectivity index (χ2v) is 4.40. The van der Waals surface area contributed by atoms with Crippen LogP contribution in [-0.4, -0.2) is 43.5 Å². The van der Waals surface area contributed by atoms with Gasteiger partial charge < -0.3 is 14.9 Å². The van der Waals surface area contributed by atoms with Gasteiger partial charge >= 0.3 is 6.09 Å². The van der Waals surface area contributed by atoms with Crippen molar-refractivity contribution in [2.24, 2.45) is 0 Å². The highest BCUT2D eigenvalue weighted by molar-refractivity contribution is 5.67. The van der Waals surface area contributed by atoms with Crippen LogP contribution in [0.4, 0.5) is 4.79 Å². The Bertz CT molecular complexity index is 201. The number of carbonyl (C=O) groups excluding carboxylic acids is 1. The number of morpholine rings is 1. The number of carbonyl (C=O) groups is 1. The zero-order valence-corrected chi connectivity index (χ0v) is 9.61. The smallest absolute Gasteiger partial charge is 0.379 e. The third-order valence-electron chi connectivity index (χ3n) is 3.11. The van der Waals surface area contributed by atoms with Crippen molar-refractivity contribution in [3.8, 4) is 0 Å². The van der Waals surface area contributed by atoms with Crippen LogP contribution in [0, 0.1) is 0 Å². The van der Waals surface area contributed by atoms with Crippen LogP contribution in [0.3, 0.4) is 0 Å². The molecule has 1 aliphatic carbocycles. The molecule has 16 heavy (non-hydrogen) atoms. The Morgan fingerprint density at radius 2 is 1.88 bits per heavy atom. The zero-order chi connectivity index (χ0) is 11.2. The number of hydrogen-bond acceptors (Lipinski definition) is 4. The van der Waals surface area contributed by atoms with Gasteiger partial charge in [0.25, 0.3) is 0 Å². The van der Waals surface area contributed by atoms with Gasteiger partial charge in [-0.1, -0.05) is 19.3 Å². The van der Waals surface area contributed by atoms with E-state index in [-0.39, 0.29) is 6.09 Å². The number of hydrogen-bond donors (Lipinski definition) is 1. The van der Waals surface area contributed by atoms with Crippen molar-refractivity contribution in [1.29, 1.82) is 0 Å². The Morgan fingerprint density at radius 1 is 1.19 bits per heavy atom. The maximum Gasteiger partial charge on any atom is 0.426 e. The molecule has 5 nitrogen and oxygen atoms in total. The van der Waals surface area contributed by atoms with Gasteiger partial charge in [0.05, 0.1) is 26.3 Å². The minimum Gasteiger partial charge on any atom is -0.379 e. The molecule has 1 aliphatic heterocycles. The molecule has 0 aromatic heterocycles. The van der Waals surface area contributed by atoms with Crippen LogP contribution in [0.25, 0.3) is 0 Å². The predicted octanol–water partition coefficient (Wildman–Crippen LogP) is 1.29. The molecule has 0 atom stereocenters. The van der Waals surface area contributed by atoms with Crippen LogP contribution >= 0.6 is 0 Å². The highest BCUT2D eigenvalue weighted by Crippen LogP contribution is 2.17. The summed E-state index contributed by atoms with van der Waals surface area (Å²) in [7, 11) is 0. The second-order valence-electron chi connectivity index (χ2n) is 4.40. The van der Waals surface area contributed by atoms with Gasteiger partial charge in [0.15, 0.2) is 0 Å². The largest absolute Gasteiger partial charge is 0.426 e. The summed E-state index contributed by atoms with van der Waals surface area (Å²) in [5.41, 5.74) is 0. The minimum absolute atomic E-state index is 0.308. The van der Waals surface area contributed by atoms with Gasteiger partial charge in [-0.25, -0.2) is 4.79 Å². The van der Waals surface area contributed by atoms with E-state index in [0.717, 1.165) is 12.8 Å². The molecular formula is C11H20N2O3. The van der Waals surface area contributed by atoms with E-state index in [2.05, 4.69) is 5.32 Å². The fraction of sp³-hybridized carbons (Fsp3) is 0.909. The molecule has 0 spiro atoms. The van der Waals surface area contributed by atoms with Crippen LogP contribution < -0.4 is 5.32 Å². The Balaban J connectivity index is 1.66. The van der Waals surface area contributed by atoms with Crippen LogP contribution in [0.2, 0.25) is 0 Å². The van der Waals surface area contributed by atoms with Gasteiger partial charge in [-0.15, -0.1) is 5.06 Å². The van der Waals surface area contributed by atoms with E-state index >= 15 is 0 Å². The molecule has 2 aliphatic rings. The van der Waals surface area contributed by atoms with Gasteiger partial charge in [0, 0.05) is 6.04 Å². The van der Waals surface area contributed by atoms with Crippen molar-refractivity contribution >= 4 is 6.09 Å². The number of nitrogens with zero attached hydrogens (tertiary/aromatic N) is 1. The summed E-state index contributed by atoms with van der Waals surface area (Å²) in [6.07, 6.45) is 5.56. The molecule has 1 saturated carbocycles. The van der Waals surface area contributed by atoms with Crippen LogP contribution in [-0.2, 0) is 9.57 Å². The summed E-state index contributed by atoms with van der Waals surface area (Å²) < 4.78 is 5.18. The third kappa shape index (κ3) is 3.64. The normalized spacial score (nSPS) is 24.0. The van der Waals surface area contributed by atoms with Crippen molar-refractivity contribution in [2.75, 3.05) is 26.3 Å². The fourth-order valence-electron chi connectivity index (χ4n) is 2.20. The highest BCUT2D eigenvalue weighted by Gasteiger charge is 2.19. The maximum absolute atomic E-state index is 11.6. The number of rotatable bonds is 2. The van der Waals surface area contributed by atoms with Gasteiger partial charge in [-0.2, -0.15) is 0 Å². The quantitative estimate of drug-likeness (QED) is 0.774. The van der Waals surface area contributed by atoms with Gasteiger partial charge in [-0.05, 0) is 12.8 Å². The summed E-state index contributed by atoms with van der Waals surface area (Å²) in [6.45, 7) is 2.60. The first-order valence-electron chi connectivity index (χ1n) is 6.16. The lowest BCUT2D eigenvalue weighted by Gasteiger charge is -2.27. The molecule has 1 amide bonds. The van der Waals surface area contributed by atoms with Gasteiger partial charge in [0.2, 0.25) is 0 Å². The standard InChI is InChI=1S/C11H20N2O3/c14-11(12-10-4-2-1-3-5-10)16-13-6-8-15-9-7-13/h10H,1-9H2,(H,12,14). The maximum atomic E-state index is 11.6. The predicted molar refractivity (Wildman–Crippen MR) is 58.9 cm³/mol. The van der Waals surface area contributed by atoms with Gasteiger partial charge in [0.1, 0.15) is 0 Å².